The van der Waals surface area contributed by atoms with Crippen LogP contribution in [0.1, 0.15) is 61.7 Å². The molecule has 0 amide bonds. The second-order valence-corrected chi connectivity index (χ2v) is 11.6. The number of nitrogens with zero attached hydrogens (tertiary/aromatic N) is 8. The number of β-amino-alcohol motifs (C(OH)–C–C–N with tert-alkyl or cyclic N) is 1. The molecule has 1 aliphatic heterocycles. The van der Waals surface area contributed by atoms with E-state index in [1.165, 1.54) is 23.5 Å². The van der Waals surface area contributed by atoms with Gasteiger partial charge in [-0.1, -0.05) is 36.8 Å². The number of thiazole rings is 1. The minimum atomic E-state index is -0.332. The number of hydrogen-bond acceptors (Lipinski definition) is 9. The van der Waals surface area contributed by atoms with E-state index in [9.17, 15) is 14.8 Å². The lowest BCUT2D eigenvalue weighted by molar-refractivity contribution is 0.198. The quantitative estimate of drug-likeness (QED) is 0.185. The average molecular weight is 613 g/mol. The van der Waals surface area contributed by atoms with Gasteiger partial charge in [0.2, 0.25) is 5.95 Å². The molecule has 0 aliphatic carbocycles. The molecule has 4 aromatic rings. The Hall–Kier alpha value is -4.40. The van der Waals surface area contributed by atoms with Gasteiger partial charge in [-0.05, 0) is 69.5 Å². The summed E-state index contributed by atoms with van der Waals surface area (Å²) < 4.78 is 15.5. The van der Waals surface area contributed by atoms with Gasteiger partial charge in [0, 0.05) is 55.3 Å². The molecular formula is C33H37FN8OS. The van der Waals surface area contributed by atoms with E-state index in [1.54, 1.807) is 12.1 Å². The predicted octanol–water partition coefficient (Wildman–Crippen LogP) is 6.76. The normalized spacial score (nSPS) is 15.3. The van der Waals surface area contributed by atoms with Gasteiger partial charge >= 0.3 is 0 Å². The van der Waals surface area contributed by atoms with E-state index in [-0.39, 0.29) is 11.9 Å². The summed E-state index contributed by atoms with van der Waals surface area (Å²) >= 11 is 1.32. The van der Waals surface area contributed by atoms with Gasteiger partial charge in [-0.15, -0.1) is 0 Å². The summed E-state index contributed by atoms with van der Waals surface area (Å²) in [6.07, 6.45) is 12.3. The standard InChI is InChI=1S/C33H37FN8OS/c1-5-8-9-23(25-19-36-32(37-20-25)40-17-16-27(43)21-40)12-15-28-22(4)31(42(7-3)39-28)41(6-2)33-38-30(29(18-35)44-33)24-10-13-26(34)14-11-24/h9-15,19-20,27,43H,5-8,16-17,21H2,1-4H3/b15-12-,23-9-/t27-/m1/s1. The second kappa shape index (κ2) is 13.9. The lowest BCUT2D eigenvalue weighted by atomic mass is 10.1. The van der Waals surface area contributed by atoms with Crippen molar-refractivity contribution in [3.63, 3.8) is 0 Å². The molecule has 228 valence electrons. The van der Waals surface area contributed by atoms with Crippen molar-refractivity contribution in [2.24, 2.45) is 0 Å². The van der Waals surface area contributed by atoms with Gasteiger partial charge in [-0.3, -0.25) is 0 Å². The molecule has 44 heavy (non-hydrogen) atoms. The van der Waals surface area contributed by atoms with Crippen LogP contribution in [-0.4, -0.2) is 55.6 Å². The van der Waals surface area contributed by atoms with Crippen LogP contribution < -0.4 is 9.80 Å². The number of benzene rings is 1. The number of allylic oxidation sites excluding steroid dienone is 3. The van der Waals surface area contributed by atoms with Crippen molar-refractivity contribution in [1.82, 2.24) is 24.7 Å². The Morgan fingerprint density at radius 1 is 1.20 bits per heavy atom. The van der Waals surface area contributed by atoms with Gasteiger partial charge in [0.25, 0.3) is 0 Å². The first-order valence-corrected chi connectivity index (χ1v) is 15.8. The van der Waals surface area contributed by atoms with E-state index in [2.05, 4.69) is 46.9 Å². The molecule has 0 unspecified atom stereocenters. The van der Waals surface area contributed by atoms with Crippen LogP contribution in [0.4, 0.5) is 21.3 Å². The number of rotatable bonds is 11. The van der Waals surface area contributed by atoms with Gasteiger partial charge in [0.05, 0.1) is 11.8 Å². The molecule has 0 spiro atoms. The van der Waals surface area contributed by atoms with E-state index < -0.39 is 0 Å². The summed E-state index contributed by atoms with van der Waals surface area (Å²) in [5.41, 5.74) is 5.01. The Bertz CT molecular complexity index is 1680. The number of aliphatic hydroxyl groups excluding tert-OH is 1. The summed E-state index contributed by atoms with van der Waals surface area (Å²) in [5.74, 6) is 1.22. The number of aromatic nitrogens is 5. The molecule has 4 heterocycles. The van der Waals surface area contributed by atoms with Crippen molar-refractivity contribution < 1.29 is 9.50 Å². The molecule has 0 saturated carbocycles. The maximum absolute atomic E-state index is 13.6. The van der Waals surface area contributed by atoms with Crippen LogP contribution in [0.5, 0.6) is 0 Å². The summed E-state index contributed by atoms with van der Waals surface area (Å²) in [6, 6.07) is 8.32. The van der Waals surface area contributed by atoms with E-state index in [4.69, 9.17) is 10.1 Å². The largest absolute Gasteiger partial charge is 0.391 e. The molecule has 1 N–H and O–H groups in total. The second-order valence-electron chi connectivity index (χ2n) is 10.6. The van der Waals surface area contributed by atoms with Crippen molar-refractivity contribution in [3.8, 4) is 17.3 Å². The average Bonchev–Trinajstić information content (AvgIpc) is 3.76. The minimum Gasteiger partial charge on any atom is -0.391 e. The third kappa shape index (κ3) is 6.56. The van der Waals surface area contributed by atoms with Crippen molar-refractivity contribution in [1.29, 1.82) is 5.26 Å². The first-order valence-electron chi connectivity index (χ1n) is 15.0. The zero-order valence-corrected chi connectivity index (χ0v) is 26.4. The summed E-state index contributed by atoms with van der Waals surface area (Å²) in [6.45, 7) is 10.9. The van der Waals surface area contributed by atoms with Crippen LogP contribution in [0.25, 0.3) is 22.9 Å². The molecule has 1 aliphatic rings. The first-order chi connectivity index (χ1) is 21.4. The highest BCUT2D eigenvalue weighted by molar-refractivity contribution is 7.16. The maximum atomic E-state index is 13.6. The fourth-order valence-corrected chi connectivity index (χ4v) is 6.22. The SMILES string of the molecule is CCC/C=C(/C=C\c1nn(CC)c(N(CC)c2nc(-c3ccc(F)cc3)c(C#N)s2)c1C)c1cnc(N2CC[C@@H](O)C2)nc1. The van der Waals surface area contributed by atoms with E-state index >= 15 is 0 Å². The highest BCUT2D eigenvalue weighted by Crippen LogP contribution is 2.38. The Balaban J connectivity index is 1.45. The van der Waals surface area contributed by atoms with Gasteiger partial charge in [0.15, 0.2) is 5.13 Å². The minimum absolute atomic E-state index is 0.332. The molecular weight excluding hydrogens is 575 g/mol. The molecule has 1 aromatic carbocycles. The molecule has 3 aromatic heterocycles. The monoisotopic (exact) mass is 612 g/mol. The number of hydrogen-bond donors (Lipinski definition) is 1. The molecule has 0 bridgehead atoms. The maximum Gasteiger partial charge on any atom is 0.225 e. The van der Waals surface area contributed by atoms with Crippen LogP contribution in [0, 0.1) is 24.1 Å². The van der Waals surface area contributed by atoms with Crippen molar-refractivity contribution >= 4 is 39.9 Å². The zero-order valence-electron chi connectivity index (χ0n) is 25.5. The number of unbranched alkanes of at least 4 members (excludes halogenated alkanes) is 1. The van der Waals surface area contributed by atoms with E-state index in [0.29, 0.717) is 46.8 Å². The molecule has 11 heteroatoms. The van der Waals surface area contributed by atoms with Crippen LogP contribution >= 0.6 is 11.3 Å². The third-order valence-electron chi connectivity index (χ3n) is 7.62. The molecule has 1 fully saturated rings. The smallest absolute Gasteiger partial charge is 0.225 e. The van der Waals surface area contributed by atoms with Crippen LogP contribution in [0.3, 0.4) is 0 Å². The zero-order chi connectivity index (χ0) is 31.2. The number of aliphatic hydroxyl groups is 1. The lowest BCUT2D eigenvalue weighted by Crippen LogP contribution is -2.23. The van der Waals surface area contributed by atoms with Crippen molar-refractivity contribution in [2.75, 3.05) is 29.4 Å². The molecule has 1 atom stereocenters. The molecule has 5 rings (SSSR count). The Morgan fingerprint density at radius 2 is 1.95 bits per heavy atom. The topological polar surface area (TPSA) is 107 Å². The van der Waals surface area contributed by atoms with Crippen molar-refractivity contribution in [3.05, 3.63) is 76.3 Å². The number of halogens is 1. The lowest BCUT2D eigenvalue weighted by Gasteiger charge is -2.21. The Kier molecular flexibility index (Phi) is 9.82. The molecule has 0 radical (unpaired) electrons. The highest BCUT2D eigenvalue weighted by Gasteiger charge is 2.24. The van der Waals surface area contributed by atoms with Crippen LogP contribution in [0.2, 0.25) is 0 Å². The Labute approximate surface area is 261 Å². The van der Waals surface area contributed by atoms with E-state index in [1.807, 2.05) is 41.9 Å². The van der Waals surface area contributed by atoms with Gasteiger partial charge in [-0.25, -0.2) is 24.0 Å². The Morgan fingerprint density at radius 3 is 2.57 bits per heavy atom. The number of nitriles is 1. The fraction of sp³-hybridized carbons (Fsp3) is 0.364. The van der Waals surface area contributed by atoms with Gasteiger partial charge in [0.1, 0.15) is 28.3 Å². The number of aryl methyl sites for hydroxylation is 1. The third-order valence-corrected chi connectivity index (χ3v) is 8.60. The molecule has 9 nitrogen and oxygen atoms in total. The fourth-order valence-electron chi connectivity index (χ4n) is 5.27. The first kappa shape index (κ1) is 31.0. The summed E-state index contributed by atoms with van der Waals surface area (Å²) in [4.78, 5) is 18.6. The van der Waals surface area contributed by atoms with Gasteiger partial charge in [-0.2, -0.15) is 10.4 Å². The van der Waals surface area contributed by atoms with Crippen LogP contribution in [0.15, 0.2) is 48.8 Å². The number of anilines is 3. The summed E-state index contributed by atoms with van der Waals surface area (Å²) in [5, 5.41) is 25.4. The van der Waals surface area contributed by atoms with Gasteiger partial charge < -0.3 is 14.9 Å². The predicted molar refractivity (Wildman–Crippen MR) is 174 cm³/mol. The molecule has 1 saturated heterocycles. The highest BCUT2D eigenvalue weighted by atomic mass is 32.1. The summed E-state index contributed by atoms with van der Waals surface area (Å²) in [7, 11) is 0. The van der Waals surface area contributed by atoms with Crippen LogP contribution in [-0.2, 0) is 6.54 Å². The van der Waals surface area contributed by atoms with Crippen molar-refractivity contribution in [2.45, 2.75) is 59.6 Å². The van der Waals surface area contributed by atoms with E-state index in [0.717, 1.165) is 54.0 Å².